The van der Waals surface area contributed by atoms with Gasteiger partial charge in [0.25, 0.3) is 0 Å². The Bertz CT molecular complexity index is 3460. The van der Waals surface area contributed by atoms with E-state index in [2.05, 4.69) is 190 Å². The Morgan fingerprint density at radius 2 is 0.930 bits per heavy atom. The fourth-order valence-corrected chi connectivity index (χ4v) is 8.98. The minimum Gasteiger partial charge on any atom is -0.454 e. The molecule has 0 radical (unpaired) electrons. The lowest BCUT2D eigenvalue weighted by Gasteiger charge is -2.14. The zero-order valence-corrected chi connectivity index (χ0v) is 30.8. The van der Waals surface area contributed by atoms with Crippen LogP contribution in [0.4, 0.5) is 0 Å². The summed E-state index contributed by atoms with van der Waals surface area (Å²) in [6.07, 6.45) is 3.85. The lowest BCUT2D eigenvalue weighted by molar-refractivity contribution is 0.666. The van der Waals surface area contributed by atoms with E-state index in [1.54, 1.807) is 0 Å². The minimum absolute atomic E-state index is 0.873. The van der Waals surface area contributed by atoms with Crippen LogP contribution in [0.15, 0.2) is 205 Å². The third-order valence-corrected chi connectivity index (χ3v) is 11.6. The van der Waals surface area contributed by atoms with E-state index >= 15 is 0 Å². The van der Waals surface area contributed by atoms with E-state index < -0.39 is 0 Å². The molecule has 0 N–H and O–H groups in total. The van der Waals surface area contributed by atoms with Crippen molar-refractivity contribution in [2.24, 2.45) is 0 Å². The molecule has 12 rings (SSSR count). The van der Waals surface area contributed by atoms with Crippen molar-refractivity contribution in [2.45, 2.75) is 0 Å². The lowest BCUT2D eigenvalue weighted by atomic mass is 9.98. The van der Waals surface area contributed by atoms with Gasteiger partial charge in [0.2, 0.25) is 0 Å². The molecule has 12 aromatic rings. The van der Waals surface area contributed by atoms with Crippen molar-refractivity contribution < 1.29 is 4.42 Å². The third-order valence-electron chi connectivity index (χ3n) is 11.6. The standard InChI is InChI=1S/C53H33N3O/c1-3-12-34(13-4-1)38-28-39(35-14-5-2-6-15-35)30-40(29-38)55-47-19-9-7-16-41(47)45-31-36(22-24-48(45)55)37-23-25-49-46(32-37)42-26-27-54-33-51(42)56(49)50-20-11-18-44-43-17-8-10-21-52(43)57-53(44)50/h1-33H. The first-order valence-electron chi connectivity index (χ1n) is 19.4. The van der Waals surface area contributed by atoms with E-state index in [0.717, 1.165) is 55.3 Å². The summed E-state index contributed by atoms with van der Waals surface area (Å²) in [5, 5.41) is 7.00. The molecule has 0 fully saturated rings. The molecule has 0 amide bonds. The van der Waals surface area contributed by atoms with Crippen LogP contribution in [0.5, 0.6) is 0 Å². The normalized spacial score (nSPS) is 11.9. The van der Waals surface area contributed by atoms with Crippen molar-refractivity contribution in [1.82, 2.24) is 14.1 Å². The van der Waals surface area contributed by atoms with Crippen molar-refractivity contribution in [2.75, 3.05) is 0 Å². The van der Waals surface area contributed by atoms with Crippen molar-refractivity contribution >= 4 is 65.6 Å². The average Bonchev–Trinajstić information content (AvgIpc) is 3.94. The molecule has 0 atom stereocenters. The predicted octanol–water partition coefficient (Wildman–Crippen LogP) is 14.2. The molecular formula is C53H33N3O. The fourth-order valence-electron chi connectivity index (χ4n) is 8.98. The summed E-state index contributed by atoms with van der Waals surface area (Å²) in [7, 11) is 0. The fraction of sp³-hybridized carbons (Fsp3) is 0. The second-order valence-electron chi connectivity index (χ2n) is 14.8. The van der Waals surface area contributed by atoms with Crippen LogP contribution >= 0.6 is 0 Å². The van der Waals surface area contributed by atoms with Crippen LogP contribution < -0.4 is 0 Å². The smallest absolute Gasteiger partial charge is 0.159 e. The highest BCUT2D eigenvalue weighted by Crippen LogP contribution is 2.41. The number of hydrogen-bond donors (Lipinski definition) is 0. The Morgan fingerprint density at radius 1 is 0.351 bits per heavy atom. The zero-order valence-electron chi connectivity index (χ0n) is 30.8. The maximum absolute atomic E-state index is 6.52. The van der Waals surface area contributed by atoms with Crippen LogP contribution in [0.3, 0.4) is 0 Å². The molecule has 4 nitrogen and oxygen atoms in total. The van der Waals surface area contributed by atoms with Gasteiger partial charge in [-0.1, -0.05) is 121 Å². The molecule has 0 unspecified atom stereocenters. The number of rotatable bonds is 5. The van der Waals surface area contributed by atoms with E-state index in [-0.39, 0.29) is 0 Å². The van der Waals surface area contributed by atoms with Gasteiger partial charge in [-0.25, -0.2) is 0 Å². The molecule has 0 spiro atoms. The lowest BCUT2D eigenvalue weighted by Crippen LogP contribution is -1.96. The number of hydrogen-bond acceptors (Lipinski definition) is 2. The van der Waals surface area contributed by atoms with Gasteiger partial charge >= 0.3 is 0 Å². The molecular weight excluding hydrogens is 695 g/mol. The Balaban J connectivity index is 1.04. The second kappa shape index (κ2) is 12.4. The number of nitrogens with zero attached hydrogens (tertiary/aromatic N) is 3. The SMILES string of the molecule is c1ccc(-c2cc(-c3ccccc3)cc(-n3c4ccccc4c4cc(-c5ccc6c(c5)c5ccncc5n6-c5cccc6c5oc5ccccc56)ccc43)c2)cc1. The van der Waals surface area contributed by atoms with Crippen LogP contribution in [0.2, 0.25) is 0 Å². The first-order valence-corrected chi connectivity index (χ1v) is 19.4. The quantitative estimate of drug-likeness (QED) is 0.177. The molecule has 266 valence electrons. The van der Waals surface area contributed by atoms with Crippen LogP contribution in [0.1, 0.15) is 0 Å². The Hall–Kier alpha value is -7.69. The number of benzene rings is 8. The van der Waals surface area contributed by atoms with Gasteiger partial charge in [-0.05, 0) is 100 Å². The van der Waals surface area contributed by atoms with Crippen molar-refractivity contribution in [1.29, 1.82) is 0 Å². The highest BCUT2D eigenvalue weighted by molar-refractivity contribution is 6.14. The number of para-hydroxylation sites is 3. The van der Waals surface area contributed by atoms with Crippen LogP contribution in [0, 0.1) is 0 Å². The molecule has 4 heteroatoms. The molecule has 57 heavy (non-hydrogen) atoms. The van der Waals surface area contributed by atoms with Crippen molar-refractivity contribution in [3.05, 3.63) is 200 Å². The second-order valence-corrected chi connectivity index (χ2v) is 14.8. The number of furan rings is 1. The van der Waals surface area contributed by atoms with E-state index in [1.807, 2.05) is 24.5 Å². The van der Waals surface area contributed by atoms with Gasteiger partial charge in [0.15, 0.2) is 5.58 Å². The highest BCUT2D eigenvalue weighted by atomic mass is 16.3. The third kappa shape index (κ3) is 4.91. The van der Waals surface area contributed by atoms with E-state index in [9.17, 15) is 0 Å². The number of fused-ring (bicyclic) bond motifs is 9. The van der Waals surface area contributed by atoms with E-state index in [4.69, 9.17) is 4.42 Å². The van der Waals surface area contributed by atoms with Gasteiger partial charge in [-0.15, -0.1) is 0 Å². The number of aromatic nitrogens is 3. The molecule has 0 aliphatic carbocycles. The van der Waals surface area contributed by atoms with Gasteiger partial charge in [-0.3, -0.25) is 4.98 Å². The van der Waals surface area contributed by atoms with Crippen molar-refractivity contribution in [3.8, 4) is 44.8 Å². The summed E-state index contributed by atoms with van der Waals surface area (Å²) in [6, 6.07) is 67.6. The molecule has 0 aliphatic heterocycles. The maximum Gasteiger partial charge on any atom is 0.159 e. The monoisotopic (exact) mass is 727 g/mol. The summed E-state index contributed by atoms with van der Waals surface area (Å²) in [4.78, 5) is 4.58. The first kappa shape index (κ1) is 31.6. The van der Waals surface area contributed by atoms with Crippen LogP contribution in [0.25, 0.3) is 110 Å². The van der Waals surface area contributed by atoms with E-state index in [1.165, 1.54) is 55.0 Å². The van der Waals surface area contributed by atoms with Crippen LogP contribution in [-0.2, 0) is 0 Å². The molecule has 0 saturated heterocycles. The first-order chi connectivity index (χ1) is 28.3. The molecule has 8 aromatic carbocycles. The van der Waals surface area contributed by atoms with Gasteiger partial charge in [0.1, 0.15) is 5.58 Å². The highest BCUT2D eigenvalue weighted by Gasteiger charge is 2.20. The topological polar surface area (TPSA) is 35.9 Å². The van der Waals surface area contributed by atoms with Crippen molar-refractivity contribution in [3.63, 3.8) is 0 Å². The summed E-state index contributed by atoms with van der Waals surface area (Å²) in [5.41, 5.74) is 15.5. The molecule has 0 saturated carbocycles. The van der Waals surface area contributed by atoms with Crippen LogP contribution in [-0.4, -0.2) is 14.1 Å². The van der Waals surface area contributed by atoms with Gasteiger partial charge in [0.05, 0.1) is 34.0 Å². The minimum atomic E-state index is 0.873. The summed E-state index contributed by atoms with van der Waals surface area (Å²) in [5.74, 6) is 0. The summed E-state index contributed by atoms with van der Waals surface area (Å²) >= 11 is 0. The predicted molar refractivity (Wildman–Crippen MR) is 237 cm³/mol. The van der Waals surface area contributed by atoms with Gasteiger partial charge < -0.3 is 13.6 Å². The average molecular weight is 728 g/mol. The maximum atomic E-state index is 6.52. The van der Waals surface area contributed by atoms with E-state index in [0.29, 0.717) is 0 Å². The molecule has 0 bridgehead atoms. The largest absolute Gasteiger partial charge is 0.454 e. The molecule has 0 aliphatic rings. The summed E-state index contributed by atoms with van der Waals surface area (Å²) < 4.78 is 11.3. The van der Waals surface area contributed by atoms with Gasteiger partial charge in [-0.2, -0.15) is 0 Å². The molecule has 4 aromatic heterocycles. The zero-order chi connectivity index (χ0) is 37.5. The van der Waals surface area contributed by atoms with Gasteiger partial charge in [0, 0.05) is 44.2 Å². The Labute approximate surface area is 328 Å². The number of pyridine rings is 1. The Kier molecular flexibility index (Phi) is 6.89. The molecule has 4 heterocycles. The Morgan fingerprint density at radius 3 is 1.65 bits per heavy atom. The summed E-state index contributed by atoms with van der Waals surface area (Å²) in [6.45, 7) is 0.